The van der Waals surface area contributed by atoms with E-state index in [-0.39, 0.29) is 18.1 Å². The van der Waals surface area contributed by atoms with Crippen LogP contribution in [0.2, 0.25) is 0 Å². The molecular formula is C18H20N4O2. The van der Waals surface area contributed by atoms with Crippen LogP contribution in [-0.4, -0.2) is 39.3 Å². The summed E-state index contributed by atoms with van der Waals surface area (Å²) in [4.78, 5) is 17.0. The zero-order valence-electron chi connectivity index (χ0n) is 13.4. The number of hydrogen-bond donors (Lipinski definition) is 2. The average Bonchev–Trinajstić information content (AvgIpc) is 3.03. The Hall–Kier alpha value is -2.21. The van der Waals surface area contributed by atoms with Crippen molar-refractivity contribution in [1.82, 2.24) is 20.5 Å². The number of hydrogen-bond acceptors (Lipinski definition) is 4. The molecule has 124 valence electrons. The zero-order chi connectivity index (χ0) is 16.1. The van der Waals surface area contributed by atoms with Gasteiger partial charge in [-0.15, -0.1) is 0 Å². The summed E-state index contributed by atoms with van der Waals surface area (Å²) in [7, 11) is 0. The van der Waals surface area contributed by atoms with E-state index >= 15 is 0 Å². The lowest BCUT2D eigenvalue weighted by Gasteiger charge is -2.20. The van der Waals surface area contributed by atoms with Crippen molar-refractivity contribution in [2.75, 3.05) is 0 Å². The van der Waals surface area contributed by atoms with Gasteiger partial charge in [0.05, 0.1) is 18.2 Å². The molecule has 3 atom stereocenters. The summed E-state index contributed by atoms with van der Waals surface area (Å²) in [6, 6.07) is 7.65. The molecule has 5 rings (SSSR count). The summed E-state index contributed by atoms with van der Waals surface area (Å²) < 4.78 is 5.79. The summed E-state index contributed by atoms with van der Waals surface area (Å²) >= 11 is 0. The number of aromatic amines is 1. The normalized spacial score (nSPS) is 28.2. The molecule has 3 heterocycles. The van der Waals surface area contributed by atoms with Crippen molar-refractivity contribution in [3.63, 3.8) is 0 Å². The number of benzene rings is 1. The van der Waals surface area contributed by atoms with Crippen LogP contribution in [0.5, 0.6) is 0 Å². The molecular weight excluding hydrogens is 304 g/mol. The highest BCUT2D eigenvalue weighted by Crippen LogP contribution is 2.38. The van der Waals surface area contributed by atoms with Crippen molar-refractivity contribution >= 4 is 5.91 Å². The molecule has 0 spiro atoms. The Labute approximate surface area is 140 Å². The summed E-state index contributed by atoms with van der Waals surface area (Å²) in [5, 5.41) is 10.4. The van der Waals surface area contributed by atoms with Gasteiger partial charge in [-0.25, -0.2) is 4.98 Å². The van der Waals surface area contributed by atoms with Gasteiger partial charge in [0.15, 0.2) is 5.82 Å². The van der Waals surface area contributed by atoms with Crippen LogP contribution >= 0.6 is 0 Å². The Balaban J connectivity index is 1.27. The summed E-state index contributed by atoms with van der Waals surface area (Å²) in [6.07, 6.45) is 6.06. The molecule has 0 unspecified atom stereocenters. The molecule has 2 aliphatic heterocycles. The SMILES string of the molecule is O=C(N[C@H]1C[C@H]2CC[C@H]1O2)c1ccc(-c2n[nH]c(C3CC3)n2)cc1. The van der Waals surface area contributed by atoms with E-state index in [0.717, 1.165) is 30.7 Å². The van der Waals surface area contributed by atoms with E-state index in [9.17, 15) is 4.79 Å². The van der Waals surface area contributed by atoms with Crippen LogP contribution in [0, 0.1) is 0 Å². The highest BCUT2D eigenvalue weighted by Gasteiger charge is 2.41. The fourth-order valence-electron chi connectivity index (χ4n) is 3.75. The van der Waals surface area contributed by atoms with Crippen molar-refractivity contribution < 1.29 is 9.53 Å². The highest BCUT2D eigenvalue weighted by molar-refractivity contribution is 5.94. The molecule has 2 aromatic rings. The second-order valence-corrected chi connectivity index (χ2v) is 7.09. The Kier molecular flexibility index (Phi) is 3.19. The van der Waals surface area contributed by atoms with Crippen molar-refractivity contribution in [2.45, 2.75) is 56.3 Å². The van der Waals surface area contributed by atoms with Crippen molar-refractivity contribution in [3.8, 4) is 11.4 Å². The Bertz CT molecular complexity index is 766. The molecule has 6 nitrogen and oxygen atoms in total. The maximum absolute atomic E-state index is 12.4. The second-order valence-electron chi connectivity index (χ2n) is 7.09. The third-order valence-corrected chi connectivity index (χ3v) is 5.29. The first kappa shape index (κ1) is 14.2. The van der Waals surface area contributed by atoms with Crippen LogP contribution < -0.4 is 5.32 Å². The van der Waals surface area contributed by atoms with Gasteiger partial charge in [-0.3, -0.25) is 9.89 Å². The third-order valence-electron chi connectivity index (χ3n) is 5.29. The molecule has 1 aromatic heterocycles. The van der Waals surface area contributed by atoms with Gasteiger partial charge in [-0.1, -0.05) is 12.1 Å². The Morgan fingerprint density at radius 1 is 1.17 bits per heavy atom. The van der Waals surface area contributed by atoms with Gasteiger partial charge in [0.2, 0.25) is 0 Å². The van der Waals surface area contributed by atoms with Crippen molar-refractivity contribution in [2.24, 2.45) is 0 Å². The number of nitrogens with one attached hydrogen (secondary N) is 2. The van der Waals surface area contributed by atoms with E-state index in [1.165, 1.54) is 12.8 Å². The first-order valence-corrected chi connectivity index (χ1v) is 8.75. The number of amides is 1. The number of ether oxygens (including phenoxy) is 1. The average molecular weight is 324 g/mol. The number of carbonyl (C=O) groups excluding carboxylic acids is 1. The van der Waals surface area contributed by atoms with Crippen LogP contribution in [0.15, 0.2) is 24.3 Å². The van der Waals surface area contributed by atoms with Crippen LogP contribution in [0.4, 0.5) is 0 Å². The van der Waals surface area contributed by atoms with Gasteiger partial charge in [-0.05, 0) is 44.2 Å². The summed E-state index contributed by atoms with van der Waals surface area (Å²) in [6.45, 7) is 0. The number of aromatic nitrogens is 3. The topological polar surface area (TPSA) is 79.9 Å². The largest absolute Gasteiger partial charge is 0.373 e. The standard InChI is InChI=1S/C18H20N4O2/c23-18(19-14-9-13-7-8-15(14)24-13)12-5-3-11(4-6-12)17-20-16(21-22-17)10-1-2-10/h3-6,10,13-15H,1-2,7-9H2,(H,19,23)(H,20,21,22)/t13-,14+,15-/m1/s1. The molecule has 1 saturated carbocycles. The molecule has 1 aromatic carbocycles. The molecule has 2 bridgehead atoms. The van der Waals surface area contributed by atoms with Gasteiger partial charge in [0.25, 0.3) is 5.91 Å². The summed E-state index contributed by atoms with van der Waals surface area (Å²) in [5.41, 5.74) is 1.59. The van der Waals surface area contributed by atoms with E-state index in [2.05, 4.69) is 20.5 Å². The van der Waals surface area contributed by atoms with Crippen molar-refractivity contribution in [3.05, 3.63) is 35.7 Å². The molecule has 1 aliphatic carbocycles. The van der Waals surface area contributed by atoms with E-state index in [1.54, 1.807) is 0 Å². The first-order valence-electron chi connectivity index (χ1n) is 8.75. The number of carbonyl (C=O) groups is 1. The van der Waals surface area contributed by atoms with E-state index in [4.69, 9.17) is 4.74 Å². The third kappa shape index (κ3) is 2.51. The molecule has 24 heavy (non-hydrogen) atoms. The van der Waals surface area contributed by atoms with Gasteiger partial charge < -0.3 is 10.1 Å². The van der Waals surface area contributed by atoms with Gasteiger partial charge in [-0.2, -0.15) is 5.10 Å². The molecule has 2 N–H and O–H groups in total. The maximum Gasteiger partial charge on any atom is 0.251 e. The maximum atomic E-state index is 12.4. The van der Waals surface area contributed by atoms with E-state index < -0.39 is 0 Å². The number of H-pyrrole nitrogens is 1. The first-order chi connectivity index (χ1) is 11.8. The molecule has 0 radical (unpaired) electrons. The summed E-state index contributed by atoms with van der Waals surface area (Å²) in [5.74, 6) is 2.20. The fraction of sp³-hybridized carbons (Fsp3) is 0.500. The molecule has 1 amide bonds. The minimum absolute atomic E-state index is 0.0312. The van der Waals surface area contributed by atoms with E-state index in [0.29, 0.717) is 23.4 Å². The quantitative estimate of drug-likeness (QED) is 0.905. The minimum atomic E-state index is -0.0312. The predicted molar refractivity (Wildman–Crippen MR) is 87.6 cm³/mol. The number of nitrogens with zero attached hydrogens (tertiary/aromatic N) is 2. The molecule has 3 fully saturated rings. The minimum Gasteiger partial charge on any atom is -0.373 e. The van der Waals surface area contributed by atoms with Crippen LogP contribution in [0.25, 0.3) is 11.4 Å². The number of rotatable bonds is 4. The van der Waals surface area contributed by atoms with Gasteiger partial charge in [0, 0.05) is 17.0 Å². The Morgan fingerprint density at radius 3 is 2.67 bits per heavy atom. The van der Waals surface area contributed by atoms with Crippen LogP contribution in [0.3, 0.4) is 0 Å². The zero-order valence-corrected chi connectivity index (χ0v) is 13.4. The smallest absolute Gasteiger partial charge is 0.251 e. The van der Waals surface area contributed by atoms with Crippen LogP contribution in [0.1, 0.15) is 54.2 Å². The lowest BCUT2D eigenvalue weighted by molar-refractivity contribution is 0.0841. The predicted octanol–water partition coefficient (Wildman–Crippen LogP) is 2.40. The Morgan fingerprint density at radius 2 is 2.00 bits per heavy atom. The van der Waals surface area contributed by atoms with Gasteiger partial charge in [0.1, 0.15) is 5.82 Å². The van der Waals surface area contributed by atoms with Crippen molar-refractivity contribution in [1.29, 1.82) is 0 Å². The monoisotopic (exact) mass is 324 g/mol. The molecule has 2 saturated heterocycles. The second kappa shape index (κ2) is 5.41. The lowest BCUT2D eigenvalue weighted by Crippen LogP contribution is -2.41. The van der Waals surface area contributed by atoms with Crippen LogP contribution in [-0.2, 0) is 4.74 Å². The van der Waals surface area contributed by atoms with Gasteiger partial charge >= 0.3 is 0 Å². The highest BCUT2D eigenvalue weighted by atomic mass is 16.5. The lowest BCUT2D eigenvalue weighted by atomic mass is 9.95. The number of fused-ring (bicyclic) bond motifs is 2. The molecule has 3 aliphatic rings. The molecule has 6 heteroatoms. The van der Waals surface area contributed by atoms with E-state index in [1.807, 2.05) is 24.3 Å². The fourth-order valence-corrected chi connectivity index (χ4v) is 3.75.